The van der Waals surface area contributed by atoms with Crippen LogP contribution < -0.4 is 10.1 Å². The molecule has 0 bridgehead atoms. The van der Waals surface area contributed by atoms with Crippen molar-refractivity contribution in [2.45, 2.75) is 18.9 Å². The molecule has 20 heavy (non-hydrogen) atoms. The van der Waals surface area contributed by atoms with Gasteiger partial charge in [0.1, 0.15) is 5.75 Å². The van der Waals surface area contributed by atoms with Crippen molar-refractivity contribution in [3.63, 3.8) is 0 Å². The molecule has 2 heterocycles. The molecule has 1 atom stereocenters. The second-order valence-electron chi connectivity index (χ2n) is 5.03. The molecule has 2 aliphatic rings. The van der Waals surface area contributed by atoms with Gasteiger partial charge in [-0.1, -0.05) is 11.6 Å². The van der Waals surface area contributed by atoms with Gasteiger partial charge in [0.2, 0.25) is 5.91 Å². The third-order valence-electron chi connectivity index (χ3n) is 3.55. The summed E-state index contributed by atoms with van der Waals surface area (Å²) in [4.78, 5) is 25.5. The molecule has 1 unspecified atom stereocenters. The summed E-state index contributed by atoms with van der Waals surface area (Å²) in [5.41, 5.74) is 0.940. The van der Waals surface area contributed by atoms with E-state index in [4.69, 9.17) is 16.3 Å². The third-order valence-corrected chi connectivity index (χ3v) is 3.78. The zero-order valence-electron chi connectivity index (χ0n) is 10.9. The van der Waals surface area contributed by atoms with E-state index in [-0.39, 0.29) is 18.4 Å². The lowest BCUT2D eigenvalue weighted by molar-refractivity contribution is -0.140. The molecular weight excluding hydrogens is 280 g/mol. The second kappa shape index (κ2) is 5.32. The molecule has 106 valence electrons. The summed E-state index contributed by atoms with van der Waals surface area (Å²) in [6.45, 7) is 1.30. The van der Waals surface area contributed by atoms with Gasteiger partial charge in [0.25, 0.3) is 5.91 Å². The van der Waals surface area contributed by atoms with Crippen LogP contribution in [-0.4, -0.2) is 42.5 Å². The van der Waals surface area contributed by atoms with E-state index in [2.05, 4.69) is 5.32 Å². The van der Waals surface area contributed by atoms with Crippen LogP contribution >= 0.6 is 11.6 Å². The van der Waals surface area contributed by atoms with Crippen LogP contribution in [0.5, 0.6) is 5.75 Å². The number of fused-ring (bicyclic) bond motifs is 1. The van der Waals surface area contributed by atoms with E-state index in [1.54, 1.807) is 17.0 Å². The molecule has 0 saturated carbocycles. The average Bonchev–Trinajstić information content (AvgIpc) is 2.71. The molecule has 1 N–H and O–H groups in total. The van der Waals surface area contributed by atoms with E-state index in [1.165, 1.54) is 0 Å². The Hall–Kier alpha value is -1.75. The van der Waals surface area contributed by atoms with Gasteiger partial charge in [-0.05, 0) is 30.2 Å². The normalized spacial score (nSPS) is 21.8. The lowest BCUT2D eigenvalue weighted by atomic mass is 10.1. The van der Waals surface area contributed by atoms with Crippen molar-refractivity contribution in [1.29, 1.82) is 0 Å². The standard InChI is InChI=1S/C14H15ClN2O3/c15-10-2-3-11-9(6-10)7-12(20-11)14(19)17-5-1-4-16-13(18)8-17/h2-3,6,12H,1,4-5,7-8H2,(H,16,18). The maximum Gasteiger partial charge on any atom is 0.264 e. The summed E-state index contributed by atoms with van der Waals surface area (Å²) < 4.78 is 5.67. The highest BCUT2D eigenvalue weighted by atomic mass is 35.5. The number of carbonyl (C=O) groups excluding carboxylic acids is 2. The van der Waals surface area contributed by atoms with Crippen LogP contribution in [-0.2, 0) is 16.0 Å². The zero-order chi connectivity index (χ0) is 14.1. The van der Waals surface area contributed by atoms with E-state index in [9.17, 15) is 9.59 Å². The third kappa shape index (κ3) is 2.58. The van der Waals surface area contributed by atoms with Crippen LogP contribution in [0.15, 0.2) is 18.2 Å². The number of nitrogens with one attached hydrogen (secondary N) is 1. The van der Waals surface area contributed by atoms with Crippen molar-refractivity contribution < 1.29 is 14.3 Å². The summed E-state index contributed by atoms with van der Waals surface area (Å²) >= 11 is 5.94. The minimum absolute atomic E-state index is 0.107. The minimum atomic E-state index is -0.547. The zero-order valence-corrected chi connectivity index (χ0v) is 11.7. The van der Waals surface area contributed by atoms with Crippen LogP contribution in [0.4, 0.5) is 0 Å². The lowest BCUT2D eigenvalue weighted by Crippen LogP contribution is -2.44. The van der Waals surface area contributed by atoms with Gasteiger partial charge in [-0.3, -0.25) is 9.59 Å². The van der Waals surface area contributed by atoms with Crippen LogP contribution in [0.25, 0.3) is 0 Å². The van der Waals surface area contributed by atoms with Crippen molar-refractivity contribution in [2.75, 3.05) is 19.6 Å². The first-order valence-electron chi connectivity index (χ1n) is 6.64. The first kappa shape index (κ1) is 13.2. The molecule has 5 nitrogen and oxygen atoms in total. The maximum atomic E-state index is 12.4. The maximum absolute atomic E-state index is 12.4. The van der Waals surface area contributed by atoms with E-state index in [1.807, 2.05) is 6.07 Å². The van der Waals surface area contributed by atoms with Gasteiger partial charge in [0, 0.05) is 24.5 Å². The fourth-order valence-electron chi connectivity index (χ4n) is 2.55. The molecule has 0 radical (unpaired) electrons. The molecule has 2 aliphatic heterocycles. The summed E-state index contributed by atoms with van der Waals surface area (Å²) in [6, 6.07) is 5.34. The molecular formula is C14H15ClN2O3. The number of rotatable bonds is 1. The highest BCUT2D eigenvalue weighted by Gasteiger charge is 2.33. The van der Waals surface area contributed by atoms with Gasteiger partial charge in [0.15, 0.2) is 6.10 Å². The van der Waals surface area contributed by atoms with Gasteiger partial charge >= 0.3 is 0 Å². The van der Waals surface area contributed by atoms with Gasteiger partial charge in [-0.25, -0.2) is 0 Å². The Morgan fingerprint density at radius 3 is 3.15 bits per heavy atom. The summed E-state index contributed by atoms with van der Waals surface area (Å²) in [5.74, 6) is 0.454. The quantitative estimate of drug-likeness (QED) is 0.840. The number of carbonyl (C=O) groups is 2. The molecule has 0 aliphatic carbocycles. The molecule has 2 amide bonds. The lowest BCUT2D eigenvalue weighted by Gasteiger charge is -2.22. The van der Waals surface area contributed by atoms with Gasteiger partial charge in [-0.2, -0.15) is 0 Å². The number of ether oxygens (including phenoxy) is 1. The van der Waals surface area contributed by atoms with Crippen molar-refractivity contribution in [3.8, 4) is 5.75 Å². The van der Waals surface area contributed by atoms with Crippen LogP contribution in [0, 0.1) is 0 Å². The Labute approximate surface area is 121 Å². The number of halogens is 1. The first-order chi connectivity index (χ1) is 9.63. The Kier molecular flexibility index (Phi) is 3.53. The smallest absolute Gasteiger partial charge is 0.264 e. The molecule has 1 fully saturated rings. The predicted molar refractivity (Wildman–Crippen MR) is 73.8 cm³/mol. The van der Waals surface area contributed by atoms with Gasteiger partial charge < -0.3 is 15.0 Å². The van der Waals surface area contributed by atoms with Crippen molar-refractivity contribution in [1.82, 2.24) is 10.2 Å². The van der Waals surface area contributed by atoms with E-state index < -0.39 is 6.10 Å². The van der Waals surface area contributed by atoms with Crippen molar-refractivity contribution in [3.05, 3.63) is 28.8 Å². The molecule has 1 aromatic rings. The van der Waals surface area contributed by atoms with Crippen LogP contribution in [0.3, 0.4) is 0 Å². The Morgan fingerprint density at radius 2 is 2.30 bits per heavy atom. The summed E-state index contributed by atoms with van der Waals surface area (Å²) in [7, 11) is 0. The SMILES string of the molecule is O=C1CN(C(=O)C2Cc3cc(Cl)ccc3O2)CCCN1. The Bertz CT molecular complexity index is 561. The molecule has 0 spiro atoms. The van der Waals surface area contributed by atoms with Crippen LogP contribution in [0.2, 0.25) is 5.02 Å². The van der Waals surface area contributed by atoms with Gasteiger partial charge in [-0.15, -0.1) is 0 Å². The second-order valence-corrected chi connectivity index (χ2v) is 5.46. The highest BCUT2D eigenvalue weighted by Crippen LogP contribution is 2.31. The molecule has 3 rings (SSSR count). The first-order valence-corrected chi connectivity index (χ1v) is 7.02. The number of hydrogen-bond acceptors (Lipinski definition) is 3. The molecule has 1 aromatic carbocycles. The topological polar surface area (TPSA) is 58.6 Å². The van der Waals surface area contributed by atoms with Crippen LogP contribution in [0.1, 0.15) is 12.0 Å². The van der Waals surface area contributed by atoms with E-state index >= 15 is 0 Å². The fourth-order valence-corrected chi connectivity index (χ4v) is 2.75. The van der Waals surface area contributed by atoms with Crippen molar-refractivity contribution >= 4 is 23.4 Å². The minimum Gasteiger partial charge on any atom is -0.480 e. The number of amides is 2. The van der Waals surface area contributed by atoms with Gasteiger partial charge in [0.05, 0.1) is 6.54 Å². The van der Waals surface area contributed by atoms with Crippen molar-refractivity contribution in [2.24, 2.45) is 0 Å². The number of benzene rings is 1. The fraction of sp³-hybridized carbons (Fsp3) is 0.429. The molecule has 6 heteroatoms. The summed E-state index contributed by atoms with van der Waals surface area (Å²) in [5, 5.41) is 3.39. The average molecular weight is 295 g/mol. The molecule has 0 aromatic heterocycles. The number of nitrogens with zero attached hydrogens (tertiary/aromatic N) is 1. The highest BCUT2D eigenvalue weighted by molar-refractivity contribution is 6.30. The number of hydrogen-bond donors (Lipinski definition) is 1. The summed E-state index contributed by atoms with van der Waals surface area (Å²) in [6.07, 6.45) is 0.727. The Morgan fingerprint density at radius 1 is 1.45 bits per heavy atom. The van der Waals surface area contributed by atoms with E-state index in [0.717, 1.165) is 12.0 Å². The Balaban J connectivity index is 1.71. The monoisotopic (exact) mass is 294 g/mol. The van der Waals surface area contributed by atoms with E-state index in [0.29, 0.717) is 30.3 Å². The molecule has 1 saturated heterocycles. The predicted octanol–water partition coefficient (Wildman–Crippen LogP) is 0.992. The largest absolute Gasteiger partial charge is 0.480 e.